The van der Waals surface area contributed by atoms with Gasteiger partial charge in [-0.2, -0.15) is 4.98 Å². The minimum Gasteiger partial charge on any atom is -0.484 e. The number of unbranched alkanes of at least 4 members (excludes halogenated alkanes) is 2. The Morgan fingerprint density at radius 3 is 2.81 bits per heavy atom. The molecule has 1 aromatic carbocycles. The molecular formula is C19H20FN3O3S. The number of hydrogen-bond donors (Lipinski definition) is 1. The number of carbonyl (C=O) groups is 1. The Hall–Kier alpha value is -2.74. The molecule has 0 unspecified atom stereocenters. The predicted molar refractivity (Wildman–Crippen MR) is 100 cm³/mol. The minimum atomic E-state index is -0.338. The summed E-state index contributed by atoms with van der Waals surface area (Å²) < 4.78 is 23.3. The van der Waals surface area contributed by atoms with Crippen molar-refractivity contribution < 1.29 is 18.4 Å². The Kier molecular flexibility index (Phi) is 6.92. The van der Waals surface area contributed by atoms with Gasteiger partial charge in [0.05, 0.1) is 4.88 Å². The summed E-state index contributed by atoms with van der Waals surface area (Å²) in [7, 11) is 0. The monoisotopic (exact) mass is 389 g/mol. The van der Waals surface area contributed by atoms with E-state index in [4.69, 9.17) is 9.26 Å². The average Bonchev–Trinajstić information content (AvgIpc) is 3.35. The van der Waals surface area contributed by atoms with Crippen LogP contribution in [-0.2, 0) is 11.2 Å². The number of nitrogens with one attached hydrogen (secondary N) is 1. The maximum absolute atomic E-state index is 12.8. The van der Waals surface area contributed by atoms with E-state index >= 15 is 0 Å². The first-order chi connectivity index (χ1) is 13.2. The summed E-state index contributed by atoms with van der Waals surface area (Å²) >= 11 is 1.58. The third-order valence-electron chi connectivity index (χ3n) is 3.78. The summed E-state index contributed by atoms with van der Waals surface area (Å²) in [5, 5.41) is 8.75. The average molecular weight is 389 g/mol. The number of hydrogen-bond acceptors (Lipinski definition) is 6. The van der Waals surface area contributed by atoms with Crippen LogP contribution in [0.2, 0.25) is 0 Å². The van der Waals surface area contributed by atoms with Crippen molar-refractivity contribution in [2.75, 3.05) is 13.2 Å². The van der Waals surface area contributed by atoms with Crippen LogP contribution in [0.15, 0.2) is 46.3 Å². The zero-order chi connectivity index (χ0) is 18.9. The van der Waals surface area contributed by atoms with Crippen LogP contribution in [0.5, 0.6) is 5.75 Å². The summed E-state index contributed by atoms with van der Waals surface area (Å²) in [4.78, 5) is 17.1. The molecule has 2 aromatic heterocycles. The first-order valence-electron chi connectivity index (χ1n) is 8.72. The second-order valence-electron chi connectivity index (χ2n) is 5.89. The first-order valence-corrected chi connectivity index (χ1v) is 9.60. The normalized spacial score (nSPS) is 10.7. The zero-order valence-electron chi connectivity index (χ0n) is 14.7. The number of ether oxygens (including phenoxy) is 1. The Balaban J connectivity index is 1.25. The van der Waals surface area contributed by atoms with Crippen LogP contribution in [0.3, 0.4) is 0 Å². The van der Waals surface area contributed by atoms with Gasteiger partial charge in [-0.25, -0.2) is 4.39 Å². The molecule has 0 saturated heterocycles. The highest BCUT2D eigenvalue weighted by atomic mass is 32.1. The lowest BCUT2D eigenvalue weighted by atomic mass is 10.2. The molecule has 6 nitrogen and oxygen atoms in total. The fraction of sp³-hybridized carbons (Fsp3) is 0.316. The molecule has 0 saturated carbocycles. The molecule has 0 atom stereocenters. The molecule has 0 aliphatic heterocycles. The summed E-state index contributed by atoms with van der Waals surface area (Å²) in [5.74, 6) is 1.20. The van der Waals surface area contributed by atoms with E-state index in [1.54, 1.807) is 11.3 Å². The van der Waals surface area contributed by atoms with Crippen LogP contribution in [0, 0.1) is 5.82 Å². The van der Waals surface area contributed by atoms with E-state index in [1.165, 1.54) is 24.3 Å². The highest BCUT2D eigenvalue weighted by molar-refractivity contribution is 7.13. The van der Waals surface area contributed by atoms with Gasteiger partial charge < -0.3 is 14.6 Å². The SMILES string of the molecule is O=C(COc1ccc(F)cc1)NCCCCCc1nc(-c2cccs2)no1. The molecule has 1 N–H and O–H groups in total. The van der Waals surface area contributed by atoms with Gasteiger partial charge in [-0.05, 0) is 48.6 Å². The van der Waals surface area contributed by atoms with Crippen LogP contribution in [-0.4, -0.2) is 29.2 Å². The number of benzene rings is 1. The molecule has 0 spiro atoms. The van der Waals surface area contributed by atoms with Crippen molar-refractivity contribution >= 4 is 17.2 Å². The van der Waals surface area contributed by atoms with Crippen LogP contribution in [0.1, 0.15) is 25.2 Å². The molecular weight excluding hydrogens is 369 g/mol. The third kappa shape index (κ3) is 6.18. The van der Waals surface area contributed by atoms with E-state index < -0.39 is 0 Å². The van der Waals surface area contributed by atoms with E-state index in [9.17, 15) is 9.18 Å². The van der Waals surface area contributed by atoms with Gasteiger partial charge in [-0.1, -0.05) is 17.6 Å². The maximum atomic E-state index is 12.8. The van der Waals surface area contributed by atoms with Crippen molar-refractivity contribution in [3.8, 4) is 16.5 Å². The van der Waals surface area contributed by atoms with Crippen molar-refractivity contribution in [3.63, 3.8) is 0 Å². The molecule has 3 rings (SSSR count). The van der Waals surface area contributed by atoms with E-state index in [1.807, 2.05) is 17.5 Å². The summed E-state index contributed by atoms with van der Waals surface area (Å²) in [6, 6.07) is 9.48. The molecule has 0 radical (unpaired) electrons. The van der Waals surface area contributed by atoms with Crippen molar-refractivity contribution in [1.29, 1.82) is 0 Å². The molecule has 0 aliphatic carbocycles. The van der Waals surface area contributed by atoms with Gasteiger partial charge in [-0.15, -0.1) is 11.3 Å². The summed E-state index contributed by atoms with van der Waals surface area (Å²) in [6.45, 7) is 0.495. The summed E-state index contributed by atoms with van der Waals surface area (Å²) in [5.41, 5.74) is 0. The lowest BCUT2D eigenvalue weighted by molar-refractivity contribution is -0.123. The van der Waals surface area contributed by atoms with E-state index in [-0.39, 0.29) is 18.3 Å². The zero-order valence-corrected chi connectivity index (χ0v) is 15.5. The number of aryl methyl sites for hydroxylation is 1. The topological polar surface area (TPSA) is 77.2 Å². The number of amides is 1. The maximum Gasteiger partial charge on any atom is 0.257 e. The lowest BCUT2D eigenvalue weighted by Gasteiger charge is -2.07. The second-order valence-corrected chi connectivity index (χ2v) is 6.84. The van der Waals surface area contributed by atoms with Crippen LogP contribution >= 0.6 is 11.3 Å². The molecule has 0 bridgehead atoms. The molecule has 8 heteroatoms. The number of carbonyl (C=O) groups excluding carboxylic acids is 1. The number of nitrogens with zero attached hydrogens (tertiary/aromatic N) is 2. The Morgan fingerprint density at radius 2 is 2.04 bits per heavy atom. The third-order valence-corrected chi connectivity index (χ3v) is 4.65. The van der Waals surface area contributed by atoms with Gasteiger partial charge in [0.25, 0.3) is 5.91 Å². The molecule has 27 heavy (non-hydrogen) atoms. The van der Waals surface area contributed by atoms with Gasteiger partial charge in [0.1, 0.15) is 11.6 Å². The van der Waals surface area contributed by atoms with E-state index in [0.29, 0.717) is 24.0 Å². The number of rotatable bonds is 10. The minimum absolute atomic E-state index is 0.0842. The highest BCUT2D eigenvalue weighted by Gasteiger charge is 2.09. The Labute approximate surface area is 160 Å². The standard InChI is InChI=1S/C19H20FN3O3S/c20-14-7-9-15(10-8-14)25-13-17(24)21-11-3-1-2-6-18-22-19(23-26-18)16-5-4-12-27-16/h4-5,7-10,12H,1-3,6,11,13H2,(H,21,24). The van der Waals surface area contributed by atoms with Crippen molar-refractivity contribution in [3.05, 3.63) is 53.5 Å². The van der Waals surface area contributed by atoms with Gasteiger partial charge in [0, 0.05) is 13.0 Å². The number of aromatic nitrogens is 2. The van der Waals surface area contributed by atoms with E-state index in [0.717, 1.165) is 30.6 Å². The number of thiophene rings is 1. The Bertz CT molecular complexity index is 834. The molecule has 2 heterocycles. The second kappa shape index (κ2) is 9.82. The van der Waals surface area contributed by atoms with Gasteiger partial charge in [0.2, 0.25) is 11.7 Å². The molecule has 1 amide bonds. The van der Waals surface area contributed by atoms with Crippen LogP contribution in [0.25, 0.3) is 10.7 Å². The van der Waals surface area contributed by atoms with Crippen molar-refractivity contribution in [2.24, 2.45) is 0 Å². The highest BCUT2D eigenvalue weighted by Crippen LogP contribution is 2.21. The largest absolute Gasteiger partial charge is 0.484 e. The predicted octanol–water partition coefficient (Wildman–Crippen LogP) is 3.85. The van der Waals surface area contributed by atoms with E-state index in [2.05, 4.69) is 15.5 Å². The number of halogens is 1. The quantitative estimate of drug-likeness (QED) is 0.533. The van der Waals surface area contributed by atoms with Crippen molar-refractivity contribution in [1.82, 2.24) is 15.5 Å². The van der Waals surface area contributed by atoms with Crippen molar-refractivity contribution in [2.45, 2.75) is 25.7 Å². The lowest BCUT2D eigenvalue weighted by Crippen LogP contribution is -2.29. The smallest absolute Gasteiger partial charge is 0.257 e. The molecule has 0 fully saturated rings. The molecule has 3 aromatic rings. The summed E-state index contributed by atoms with van der Waals surface area (Å²) in [6.07, 6.45) is 3.43. The van der Waals surface area contributed by atoms with Gasteiger partial charge >= 0.3 is 0 Å². The van der Waals surface area contributed by atoms with Crippen LogP contribution < -0.4 is 10.1 Å². The first kappa shape index (κ1) is 19.0. The van der Waals surface area contributed by atoms with Crippen LogP contribution in [0.4, 0.5) is 4.39 Å². The molecule has 0 aliphatic rings. The van der Waals surface area contributed by atoms with Gasteiger partial charge in [-0.3, -0.25) is 4.79 Å². The Morgan fingerprint density at radius 1 is 1.19 bits per heavy atom. The molecule has 142 valence electrons. The fourth-order valence-electron chi connectivity index (χ4n) is 2.40. The fourth-order valence-corrected chi connectivity index (χ4v) is 3.05. The van der Waals surface area contributed by atoms with Gasteiger partial charge in [0.15, 0.2) is 6.61 Å².